The number of aliphatic carboxylic acids is 1. The lowest BCUT2D eigenvalue weighted by molar-refractivity contribution is -0.147. The molecule has 0 spiro atoms. The number of aromatic hydroxyl groups is 1. The van der Waals surface area contributed by atoms with Gasteiger partial charge < -0.3 is 20.2 Å². The minimum atomic E-state index is -1.94. The van der Waals surface area contributed by atoms with Crippen LogP contribution in [0.5, 0.6) is 5.75 Å². The molecule has 1 rings (SSSR count). The topological polar surface area (TPSA) is 81.0 Å². The number of hydrogen-bond donors (Lipinski definition) is 3. The first-order chi connectivity index (χ1) is 7.82. The molecule has 0 aliphatic heterocycles. The van der Waals surface area contributed by atoms with Crippen LogP contribution in [-0.2, 0) is 11.3 Å². The molecule has 17 heavy (non-hydrogen) atoms. The molecule has 0 bridgehead atoms. The summed E-state index contributed by atoms with van der Waals surface area (Å²) >= 11 is 0. The third-order valence-corrected chi connectivity index (χ3v) is 2.20. The standard InChI is InChI=1S/C11H14FNO4/c1-13(2)5-6-3-7(12)4-8(9(6)14)10(15)11(16)17/h3-4,10,14-15H,5H2,1-2H3,(H,16,17). The van der Waals surface area contributed by atoms with E-state index in [4.69, 9.17) is 5.11 Å². The first-order valence-electron chi connectivity index (χ1n) is 4.89. The van der Waals surface area contributed by atoms with Crippen molar-refractivity contribution in [3.05, 3.63) is 29.1 Å². The van der Waals surface area contributed by atoms with Crippen molar-refractivity contribution < 1.29 is 24.5 Å². The Morgan fingerprint density at radius 3 is 2.53 bits per heavy atom. The fraction of sp³-hybridized carbons (Fsp3) is 0.364. The van der Waals surface area contributed by atoms with Crippen LogP contribution >= 0.6 is 0 Å². The number of carbonyl (C=O) groups is 1. The van der Waals surface area contributed by atoms with E-state index in [1.165, 1.54) is 0 Å². The van der Waals surface area contributed by atoms with E-state index in [1.807, 2.05) is 0 Å². The molecule has 6 heteroatoms. The summed E-state index contributed by atoms with van der Waals surface area (Å²) < 4.78 is 13.2. The summed E-state index contributed by atoms with van der Waals surface area (Å²) in [7, 11) is 3.44. The number of hydrogen-bond acceptors (Lipinski definition) is 4. The van der Waals surface area contributed by atoms with Crippen LogP contribution in [0, 0.1) is 5.82 Å². The molecule has 0 aromatic heterocycles. The van der Waals surface area contributed by atoms with Crippen LogP contribution < -0.4 is 0 Å². The van der Waals surface area contributed by atoms with Crippen LogP contribution in [0.25, 0.3) is 0 Å². The zero-order valence-corrected chi connectivity index (χ0v) is 9.51. The predicted octanol–water partition coefficient (Wildman–Crippen LogP) is 0.711. The molecule has 1 unspecified atom stereocenters. The molecule has 0 aliphatic rings. The molecule has 0 fully saturated rings. The highest BCUT2D eigenvalue weighted by Crippen LogP contribution is 2.30. The van der Waals surface area contributed by atoms with Crippen LogP contribution in [0.1, 0.15) is 17.2 Å². The van der Waals surface area contributed by atoms with Crippen molar-refractivity contribution in [3.63, 3.8) is 0 Å². The number of phenols is 1. The molecule has 0 heterocycles. The zero-order valence-electron chi connectivity index (χ0n) is 9.51. The van der Waals surface area contributed by atoms with Gasteiger partial charge in [-0.15, -0.1) is 0 Å². The highest BCUT2D eigenvalue weighted by Gasteiger charge is 2.22. The van der Waals surface area contributed by atoms with Crippen molar-refractivity contribution >= 4 is 5.97 Å². The molecule has 0 amide bonds. The number of nitrogens with zero attached hydrogens (tertiary/aromatic N) is 1. The Balaban J connectivity index is 3.23. The molecule has 1 aromatic rings. The quantitative estimate of drug-likeness (QED) is 0.725. The molecule has 94 valence electrons. The summed E-state index contributed by atoms with van der Waals surface area (Å²) in [5.41, 5.74) is -0.111. The van der Waals surface area contributed by atoms with Crippen molar-refractivity contribution in [1.29, 1.82) is 0 Å². The second kappa shape index (κ2) is 5.11. The van der Waals surface area contributed by atoms with E-state index in [-0.39, 0.29) is 17.7 Å². The summed E-state index contributed by atoms with van der Waals surface area (Å²) in [6.07, 6.45) is -1.94. The number of benzene rings is 1. The number of aliphatic hydroxyl groups is 1. The predicted molar refractivity (Wildman–Crippen MR) is 58.1 cm³/mol. The van der Waals surface area contributed by atoms with E-state index in [1.54, 1.807) is 19.0 Å². The SMILES string of the molecule is CN(C)Cc1cc(F)cc(C(O)C(=O)O)c1O. The maximum Gasteiger partial charge on any atom is 0.337 e. The Labute approximate surface area is 97.7 Å². The lowest BCUT2D eigenvalue weighted by Gasteiger charge is -2.15. The van der Waals surface area contributed by atoms with Gasteiger partial charge in [0.2, 0.25) is 0 Å². The second-order valence-electron chi connectivity index (χ2n) is 3.98. The van der Waals surface area contributed by atoms with E-state index < -0.39 is 23.6 Å². The fourth-order valence-corrected chi connectivity index (χ4v) is 1.48. The van der Waals surface area contributed by atoms with Gasteiger partial charge in [-0.3, -0.25) is 0 Å². The van der Waals surface area contributed by atoms with Gasteiger partial charge in [-0.25, -0.2) is 9.18 Å². The lowest BCUT2D eigenvalue weighted by Crippen LogP contribution is -2.14. The van der Waals surface area contributed by atoms with Gasteiger partial charge in [0.1, 0.15) is 11.6 Å². The van der Waals surface area contributed by atoms with Gasteiger partial charge >= 0.3 is 5.97 Å². The number of halogens is 1. The molecule has 1 atom stereocenters. The number of phenolic OH excluding ortho intramolecular Hbond substituents is 1. The largest absolute Gasteiger partial charge is 0.507 e. The number of aliphatic hydroxyl groups excluding tert-OH is 1. The van der Waals surface area contributed by atoms with Crippen molar-refractivity contribution in [1.82, 2.24) is 4.90 Å². The summed E-state index contributed by atoms with van der Waals surface area (Å²) in [6, 6.07) is 1.92. The molecule has 5 nitrogen and oxygen atoms in total. The van der Waals surface area contributed by atoms with Crippen molar-refractivity contribution in [2.24, 2.45) is 0 Å². The first kappa shape index (κ1) is 13.4. The van der Waals surface area contributed by atoms with Gasteiger partial charge in [0.15, 0.2) is 6.10 Å². The molecule has 0 saturated heterocycles. The minimum Gasteiger partial charge on any atom is -0.507 e. The maximum atomic E-state index is 13.2. The third-order valence-electron chi connectivity index (χ3n) is 2.20. The van der Waals surface area contributed by atoms with Crippen LogP contribution in [0.2, 0.25) is 0 Å². The average Bonchev–Trinajstić information content (AvgIpc) is 2.21. The maximum absolute atomic E-state index is 13.2. The molecule has 1 aromatic carbocycles. The van der Waals surface area contributed by atoms with Gasteiger partial charge in [-0.05, 0) is 26.2 Å². The van der Waals surface area contributed by atoms with Gasteiger partial charge in [0, 0.05) is 17.7 Å². The van der Waals surface area contributed by atoms with E-state index in [2.05, 4.69) is 0 Å². The highest BCUT2D eigenvalue weighted by molar-refractivity contribution is 5.75. The van der Waals surface area contributed by atoms with Crippen LogP contribution in [-0.4, -0.2) is 40.3 Å². The van der Waals surface area contributed by atoms with Gasteiger partial charge in [0.25, 0.3) is 0 Å². The van der Waals surface area contributed by atoms with Gasteiger partial charge in [-0.2, -0.15) is 0 Å². The number of rotatable bonds is 4. The monoisotopic (exact) mass is 243 g/mol. The smallest absolute Gasteiger partial charge is 0.337 e. The Hall–Kier alpha value is -1.66. The summed E-state index contributed by atoms with van der Waals surface area (Å²) in [5.74, 6) is -2.63. The van der Waals surface area contributed by atoms with E-state index in [0.29, 0.717) is 0 Å². The second-order valence-corrected chi connectivity index (χ2v) is 3.98. The fourth-order valence-electron chi connectivity index (χ4n) is 1.48. The van der Waals surface area contributed by atoms with Gasteiger partial charge in [-0.1, -0.05) is 0 Å². The molecule has 3 N–H and O–H groups in total. The van der Waals surface area contributed by atoms with E-state index in [0.717, 1.165) is 12.1 Å². The lowest BCUT2D eigenvalue weighted by atomic mass is 10.0. The first-order valence-corrected chi connectivity index (χ1v) is 4.89. The molecule has 0 radical (unpaired) electrons. The minimum absolute atomic E-state index is 0.227. The third kappa shape index (κ3) is 3.15. The van der Waals surface area contributed by atoms with Crippen LogP contribution in [0.15, 0.2) is 12.1 Å². The van der Waals surface area contributed by atoms with Crippen molar-refractivity contribution in [2.45, 2.75) is 12.6 Å². The van der Waals surface area contributed by atoms with Crippen LogP contribution in [0.4, 0.5) is 4.39 Å². The molecule has 0 aliphatic carbocycles. The Bertz CT molecular complexity index is 434. The van der Waals surface area contributed by atoms with Crippen molar-refractivity contribution in [2.75, 3.05) is 14.1 Å². The number of carboxylic acid groups (broad SMARTS) is 1. The van der Waals surface area contributed by atoms with Crippen molar-refractivity contribution in [3.8, 4) is 5.75 Å². The van der Waals surface area contributed by atoms with Crippen LogP contribution in [0.3, 0.4) is 0 Å². The number of carboxylic acids is 1. The molecule has 0 saturated carbocycles. The summed E-state index contributed by atoms with van der Waals surface area (Å²) in [5, 5.41) is 27.7. The zero-order chi connectivity index (χ0) is 13.2. The van der Waals surface area contributed by atoms with E-state index >= 15 is 0 Å². The molecular formula is C11H14FNO4. The molecular weight excluding hydrogens is 229 g/mol. The highest BCUT2D eigenvalue weighted by atomic mass is 19.1. The summed E-state index contributed by atoms with van der Waals surface area (Å²) in [6.45, 7) is 0.239. The van der Waals surface area contributed by atoms with E-state index in [9.17, 15) is 19.4 Å². The Morgan fingerprint density at radius 1 is 1.47 bits per heavy atom. The van der Waals surface area contributed by atoms with Gasteiger partial charge in [0.05, 0.1) is 0 Å². The normalized spacial score (nSPS) is 12.8. The average molecular weight is 243 g/mol. The summed E-state index contributed by atoms with van der Waals surface area (Å²) in [4.78, 5) is 12.3. The Kier molecular flexibility index (Phi) is 4.03. The Morgan fingerprint density at radius 2 is 2.06 bits per heavy atom.